The van der Waals surface area contributed by atoms with Crippen molar-refractivity contribution >= 4 is 22.5 Å². The molecular formula is C22H23FN4O2. The van der Waals surface area contributed by atoms with Gasteiger partial charge in [0.05, 0.1) is 10.9 Å². The summed E-state index contributed by atoms with van der Waals surface area (Å²) in [5, 5.41) is 3.06. The van der Waals surface area contributed by atoms with Crippen molar-refractivity contribution in [3.63, 3.8) is 0 Å². The summed E-state index contributed by atoms with van der Waals surface area (Å²) in [6.45, 7) is 4.15. The maximum absolute atomic E-state index is 13.4. The Bertz CT molecular complexity index is 1090. The van der Waals surface area contributed by atoms with Crippen LogP contribution >= 0.6 is 0 Å². The van der Waals surface area contributed by atoms with Crippen molar-refractivity contribution in [3.8, 4) is 0 Å². The van der Waals surface area contributed by atoms with Gasteiger partial charge in [0.1, 0.15) is 11.6 Å². The number of H-pyrrole nitrogens is 1. The molecule has 2 heterocycles. The van der Waals surface area contributed by atoms with Crippen LogP contribution in [-0.2, 0) is 11.3 Å². The summed E-state index contributed by atoms with van der Waals surface area (Å²) >= 11 is 0. The van der Waals surface area contributed by atoms with Gasteiger partial charge in [0.25, 0.3) is 5.56 Å². The lowest BCUT2D eigenvalue weighted by Crippen LogP contribution is -2.33. The van der Waals surface area contributed by atoms with Crippen LogP contribution in [0.1, 0.15) is 37.1 Å². The average molecular weight is 394 g/mol. The third-order valence-electron chi connectivity index (χ3n) is 5.34. The highest BCUT2D eigenvalue weighted by Crippen LogP contribution is 2.27. The summed E-state index contributed by atoms with van der Waals surface area (Å²) in [5.74, 6) is 0.366. The zero-order valence-corrected chi connectivity index (χ0v) is 16.2. The average Bonchev–Trinajstić information content (AvgIpc) is 2.70. The second kappa shape index (κ2) is 8.13. The van der Waals surface area contributed by atoms with Gasteiger partial charge in [0, 0.05) is 25.1 Å². The quantitative estimate of drug-likeness (QED) is 0.711. The summed E-state index contributed by atoms with van der Waals surface area (Å²) in [7, 11) is 0. The van der Waals surface area contributed by atoms with Gasteiger partial charge in [-0.1, -0.05) is 12.1 Å². The van der Waals surface area contributed by atoms with Gasteiger partial charge in [-0.3, -0.25) is 14.5 Å². The number of rotatable bonds is 4. The number of fused-ring (bicyclic) bond motifs is 1. The molecule has 1 saturated heterocycles. The van der Waals surface area contributed by atoms with Crippen molar-refractivity contribution in [3.05, 3.63) is 70.0 Å². The first-order valence-corrected chi connectivity index (χ1v) is 9.76. The molecule has 6 nitrogen and oxygen atoms in total. The Morgan fingerprint density at radius 3 is 2.62 bits per heavy atom. The van der Waals surface area contributed by atoms with Crippen LogP contribution < -0.4 is 10.9 Å². The summed E-state index contributed by atoms with van der Waals surface area (Å²) in [6, 6.07) is 12.0. The summed E-state index contributed by atoms with van der Waals surface area (Å²) in [5.41, 5.74) is 2.24. The van der Waals surface area contributed by atoms with E-state index in [1.54, 1.807) is 6.07 Å². The van der Waals surface area contributed by atoms with Gasteiger partial charge in [0.2, 0.25) is 5.91 Å². The van der Waals surface area contributed by atoms with Crippen LogP contribution in [0.3, 0.4) is 0 Å². The van der Waals surface area contributed by atoms with Crippen LogP contribution in [0.15, 0.2) is 47.3 Å². The molecule has 1 fully saturated rings. The molecule has 2 N–H and O–H groups in total. The number of amides is 1. The number of hydrogen-bond donors (Lipinski definition) is 2. The summed E-state index contributed by atoms with van der Waals surface area (Å²) in [6.07, 6.45) is 1.80. The van der Waals surface area contributed by atoms with E-state index in [-0.39, 0.29) is 22.8 Å². The third-order valence-corrected chi connectivity index (χ3v) is 5.34. The molecule has 1 aliphatic rings. The predicted octanol–water partition coefficient (Wildman–Crippen LogP) is 3.40. The Kier molecular flexibility index (Phi) is 5.40. The number of carbonyl (C=O) groups is 1. The van der Waals surface area contributed by atoms with E-state index in [0.29, 0.717) is 11.3 Å². The lowest BCUT2D eigenvalue weighted by Gasteiger charge is -2.31. The molecule has 0 spiro atoms. The number of nitrogens with zero attached hydrogens (tertiary/aromatic N) is 2. The van der Waals surface area contributed by atoms with Crippen LogP contribution in [0, 0.1) is 5.82 Å². The summed E-state index contributed by atoms with van der Waals surface area (Å²) in [4.78, 5) is 33.2. The Morgan fingerprint density at radius 2 is 1.93 bits per heavy atom. The number of anilines is 1. The monoisotopic (exact) mass is 394 g/mol. The van der Waals surface area contributed by atoms with Gasteiger partial charge in [0.15, 0.2) is 0 Å². The van der Waals surface area contributed by atoms with E-state index in [9.17, 15) is 14.0 Å². The van der Waals surface area contributed by atoms with Gasteiger partial charge < -0.3 is 10.3 Å². The van der Waals surface area contributed by atoms with Gasteiger partial charge in [-0.2, -0.15) is 0 Å². The van der Waals surface area contributed by atoms with E-state index >= 15 is 0 Å². The minimum atomic E-state index is -0.434. The van der Waals surface area contributed by atoms with Crippen LogP contribution in [0.5, 0.6) is 0 Å². The predicted molar refractivity (Wildman–Crippen MR) is 110 cm³/mol. The largest absolute Gasteiger partial charge is 0.326 e. The molecule has 0 unspecified atom stereocenters. The van der Waals surface area contributed by atoms with Gasteiger partial charge in [-0.25, -0.2) is 9.37 Å². The first-order chi connectivity index (χ1) is 14.0. The molecule has 7 heteroatoms. The van der Waals surface area contributed by atoms with Crippen molar-refractivity contribution in [2.45, 2.75) is 32.2 Å². The van der Waals surface area contributed by atoms with Crippen LogP contribution in [-0.4, -0.2) is 33.9 Å². The maximum Gasteiger partial charge on any atom is 0.258 e. The minimum Gasteiger partial charge on any atom is -0.326 e. The number of halogens is 1. The fourth-order valence-electron chi connectivity index (χ4n) is 3.84. The van der Waals surface area contributed by atoms with Crippen LogP contribution in [0.4, 0.5) is 10.1 Å². The molecule has 0 saturated carbocycles. The highest BCUT2D eigenvalue weighted by molar-refractivity contribution is 5.88. The Labute approximate surface area is 167 Å². The number of nitrogens with one attached hydrogen (secondary N) is 2. The standard InChI is InChI=1S/C22H23FN4O2/c1-14(28)24-18-5-2-15(3-6-18)13-27-10-8-16(9-11-27)21-25-20-7-4-17(23)12-19(20)22(29)26-21/h2-7,12,16H,8-11,13H2,1H3,(H,24,28)(H,25,26,29). The third kappa shape index (κ3) is 4.51. The number of benzene rings is 2. The SMILES string of the molecule is CC(=O)Nc1ccc(CN2CCC(c3nc4ccc(F)cc4c(=O)[nH]3)CC2)cc1. The number of piperidine rings is 1. The number of aromatic amines is 1. The molecule has 29 heavy (non-hydrogen) atoms. The second-order valence-electron chi connectivity index (χ2n) is 7.54. The smallest absolute Gasteiger partial charge is 0.258 e. The first kappa shape index (κ1) is 19.3. The zero-order chi connectivity index (χ0) is 20.4. The highest BCUT2D eigenvalue weighted by Gasteiger charge is 2.23. The molecule has 1 aliphatic heterocycles. The molecule has 0 aliphatic carbocycles. The van der Waals surface area contributed by atoms with E-state index in [4.69, 9.17) is 0 Å². The molecule has 1 aromatic heterocycles. The first-order valence-electron chi connectivity index (χ1n) is 9.76. The summed E-state index contributed by atoms with van der Waals surface area (Å²) < 4.78 is 13.4. The van der Waals surface area contributed by atoms with Crippen molar-refractivity contribution in [2.75, 3.05) is 18.4 Å². The van der Waals surface area contributed by atoms with Gasteiger partial charge in [-0.05, 0) is 61.8 Å². The highest BCUT2D eigenvalue weighted by atomic mass is 19.1. The minimum absolute atomic E-state index is 0.0784. The molecule has 0 atom stereocenters. The number of hydrogen-bond acceptors (Lipinski definition) is 4. The van der Waals surface area contributed by atoms with Crippen molar-refractivity contribution in [1.82, 2.24) is 14.9 Å². The Hall–Kier alpha value is -3.06. The second-order valence-corrected chi connectivity index (χ2v) is 7.54. The van der Waals surface area contributed by atoms with Crippen LogP contribution in [0.25, 0.3) is 10.9 Å². The fraction of sp³-hybridized carbons (Fsp3) is 0.318. The number of aromatic nitrogens is 2. The number of carbonyl (C=O) groups excluding carboxylic acids is 1. The van der Waals surface area contributed by atoms with Crippen molar-refractivity contribution in [1.29, 1.82) is 0 Å². The molecule has 2 aromatic carbocycles. The normalized spacial score (nSPS) is 15.5. The Balaban J connectivity index is 1.39. The molecular weight excluding hydrogens is 371 g/mol. The zero-order valence-electron chi connectivity index (χ0n) is 16.2. The molecule has 150 valence electrons. The Morgan fingerprint density at radius 1 is 1.21 bits per heavy atom. The number of likely N-dealkylation sites (tertiary alicyclic amines) is 1. The van der Waals surface area contributed by atoms with Crippen LogP contribution in [0.2, 0.25) is 0 Å². The molecule has 3 aromatic rings. The van der Waals surface area contributed by atoms with Crippen molar-refractivity contribution < 1.29 is 9.18 Å². The van der Waals surface area contributed by atoms with E-state index in [1.165, 1.54) is 24.6 Å². The van der Waals surface area contributed by atoms with Crippen molar-refractivity contribution in [2.24, 2.45) is 0 Å². The van der Waals surface area contributed by atoms with E-state index in [1.807, 2.05) is 24.3 Å². The van der Waals surface area contributed by atoms with Gasteiger partial charge >= 0.3 is 0 Å². The lowest BCUT2D eigenvalue weighted by molar-refractivity contribution is -0.114. The lowest BCUT2D eigenvalue weighted by atomic mass is 9.95. The van der Waals surface area contributed by atoms with E-state index in [0.717, 1.165) is 38.2 Å². The van der Waals surface area contributed by atoms with E-state index < -0.39 is 5.82 Å². The molecule has 4 rings (SSSR count). The van der Waals surface area contributed by atoms with E-state index in [2.05, 4.69) is 20.2 Å². The topological polar surface area (TPSA) is 78.1 Å². The molecule has 1 amide bonds. The molecule has 0 bridgehead atoms. The van der Waals surface area contributed by atoms with Gasteiger partial charge in [-0.15, -0.1) is 0 Å². The molecule has 0 radical (unpaired) electrons. The fourth-order valence-corrected chi connectivity index (χ4v) is 3.84. The maximum atomic E-state index is 13.4.